The molecule has 3 nitrogen and oxygen atoms in total. The van der Waals surface area contributed by atoms with Crippen molar-refractivity contribution in [3.63, 3.8) is 0 Å². The Hall–Kier alpha value is -1.77. The fourth-order valence-electron chi connectivity index (χ4n) is 1.26. The normalized spacial score (nSPS) is 11.5. The number of benzene rings is 1. The molecule has 0 atom stereocenters. The molecular weight excluding hydrogens is 214 g/mol. The molecule has 3 heteroatoms. The Balaban J connectivity index is 2.57. The van der Waals surface area contributed by atoms with Crippen LogP contribution in [0.25, 0.3) is 0 Å². The summed E-state index contributed by atoms with van der Waals surface area (Å²) in [5.74, 6) is -0.333. The van der Waals surface area contributed by atoms with Crippen LogP contribution in [0.3, 0.4) is 0 Å². The van der Waals surface area contributed by atoms with E-state index in [1.54, 1.807) is 6.20 Å². The van der Waals surface area contributed by atoms with Crippen molar-refractivity contribution < 1.29 is 9.53 Å². The molecule has 0 saturated heterocycles. The summed E-state index contributed by atoms with van der Waals surface area (Å²) >= 11 is 0. The van der Waals surface area contributed by atoms with Gasteiger partial charge in [-0.15, -0.1) is 0 Å². The van der Waals surface area contributed by atoms with Crippen molar-refractivity contribution in [1.82, 2.24) is 0 Å². The molecule has 0 aliphatic heterocycles. The van der Waals surface area contributed by atoms with E-state index in [2.05, 4.69) is 0 Å². The first-order valence-electron chi connectivity index (χ1n) is 5.57. The molecule has 0 fully saturated rings. The predicted molar refractivity (Wildman–Crippen MR) is 69.8 cm³/mol. The van der Waals surface area contributed by atoms with Crippen molar-refractivity contribution in [2.45, 2.75) is 26.4 Å². The van der Waals surface area contributed by atoms with Crippen LogP contribution in [0.1, 0.15) is 20.8 Å². The zero-order chi connectivity index (χ0) is 12.9. The van der Waals surface area contributed by atoms with Gasteiger partial charge in [-0.2, -0.15) is 0 Å². The van der Waals surface area contributed by atoms with Gasteiger partial charge >= 0.3 is 5.97 Å². The third kappa shape index (κ3) is 5.20. The first-order chi connectivity index (χ1) is 7.88. The van der Waals surface area contributed by atoms with Gasteiger partial charge in [-0.1, -0.05) is 18.2 Å². The lowest BCUT2D eigenvalue weighted by Crippen LogP contribution is -2.23. The average molecular weight is 233 g/mol. The molecule has 0 aromatic heterocycles. The van der Waals surface area contributed by atoms with Gasteiger partial charge in [-0.3, -0.25) is 0 Å². The van der Waals surface area contributed by atoms with Crippen molar-refractivity contribution in [2.75, 3.05) is 11.9 Å². The number of carbonyl (C=O) groups is 1. The van der Waals surface area contributed by atoms with Crippen LogP contribution in [0.2, 0.25) is 0 Å². The summed E-state index contributed by atoms with van der Waals surface area (Å²) in [6.07, 6.45) is 3.13. The molecule has 0 spiro atoms. The second kappa shape index (κ2) is 5.53. The number of anilines is 1. The number of esters is 1. The Bertz CT molecular complexity index is 390. The van der Waals surface area contributed by atoms with Gasteiger partial charge in [-0.05, 0) is 32.9 Å². The summed E-state index contributed by atoms with van der Waals surface area (Å²) in [5, 5.41) is 0. The first-order valence-corrected chi connectivity index (χ1v) is 5.57. The van der Waals surface area contributed by atoms with Gasteiger partial charge in [0.1, 0.15) is 5.60 Å². The van der Waals surface area contributed by atoms with E-state index in [0.29, 0.717) is 0 Å². The summed E-state index contributed by atoms with van der Waals surface area (Å²) in [7, 11) is 1.89. The van der Waals surface area contributed by atoms with Gasteiger partial charge in [0.2, 0.25) is 0 Å². The van der Waals surface area contributed by atoms with E-state index in [-0.39, 0.29) is 5.97 Å². The van der Waals surface area contributed by atoms with Crippen LogP contribution < -0.4 is 4.90 Å². The second-order valence-electron chi connectivity index (χ2n) is 4.80. The molecule has 0 amide bonds. The van der Waals surface area contributed by atoms with E-state index in [1.165, 1.54) is 6.08 Å². The van der Waals surface area contributed by atoms with Crippen molar-refractivity contribution in [1.29, 1.82) is 0 Å². The van der Waals surface area contributed by atoms with Crippen LogP contribution in [-0.2, 0) is 9.53 Å². The Kier molecular flexibility index (Phi) is 4.32. The molecule has 0 saturated carbocycles. The molecule has 1 aromatic carbocycles. The van der Waals surface area contributed by atoms with Gasteiger partial charge < -0.3 is 9.64 Å². The summed E-state index contributed by atoms with van der Waals surface area (Å²) in [6, 6.07) is 9.80. The van der Waals surface area contributed by atoms with Gasteiger partial charge in [-0.25, -0.2) is 4.79 Å². The molecule has 0 aliphatic carbocycles. The van der Waals surface area contributed by atoms with E-state index in [9.17, 15) is 4.79 Å². The highest BCUT2D eigenvalue weighted by molar-refractivity contribution is 5.82. The molecule has 0 aliphatic rings. The number of nitrogens with zero attached hydrogens (tertiary/aromatic N) is 1. The average Bonchev–Trinajstić information content (AvgIpc) is 2.25. The zero-order valence-corrected chi connectivity index (χ0v) is 10.8. The number of ether oxygens (including phenoxy) is 1. The highest BCUT2D eigenvalue weighted by Gasteiger charge is 2.13. The summed E-state index contributed by atoms with van der Waals surface area (Å²) in [5.41, 5.74) is 0.569. The number of rotatable bonds is 3. The predicted octanol–water partition coefficient (Wildman–Crippen LogP) is 2.98. The van der Waals surface area contributed by atoms with Gasteiger partial charge in [0.05, 0.1) is 0 Å². The lowest BCUT2D eigenvalue weighted by molar-refractivity contribution is -0.148. The van der Waals surface area contributed by atoms with Gasteiger partial charge in [0.15, 0.2) is 0 Å². The molecule has 1 aromatic rings. The molecule has 0 heterocycles. The molecule has 92 valence electrons. The van der Waals surface area contributed by atoms with Crippen LogP contribution in [0, 0.1) is 0 Å². The van der Waals surface area contributed by atoms with E-state index in [0.717, 1.165) is 5.69 Å². The highest BCUT2D eigenvalue weighted by Crippen LogP contribution is 2.12. The fourth-order valence-corrected chi connectivity index (χ4v) is 1.26. The van der Waals surface area contributed by atoms with Crippen LogP contribution in [0.4, 0.5) is 5.69 Å². The molecule has 0 N–H and O–H groups in total. The molecular formula is C14H19NO2. The topological polar surface area (TPSA) is 29.5 Å². The van der Waals surface area contributed by atoms with Crippen LogP contribution >= 0.6 is 0 Å². The largest absolute Gasteiger partial charge is 0.457 e. The lowest BCUT2D eigenvalue weighted by Gasteiger charge is -2.18. The maximum Gasteiger partial charge on any atom is 0.332 e. The third-order valence-electron chi connectivity index (χ3n) is 2.00. The Morgan fingerprint density at radius 1 is 1.24 bits per heavy atom. The molecule has 0 bridgehead atoms. The maximum absolute atomic E-state index is 11.5. The molecule has 0 radical (unpaired) electrons. The zero-order valence-electron chi connectivity index (χ0n) is 10.8. The minimum Gasteiger partial charge on any atom is -0.457 e. The van der Waals surface area contributed by atoms with E-state index in [1.807, 2.05) is 63.1 Å². The molecule has 0 unspecified atom stereocenters. The van der Waals surface area contributed by atoms with E-state index < -0.39 is 5.60 Å². The van der Waals surface area contributed by atoms with Crippen molar-refractivity contribution >= 4 is 11.7 Å². The second-order valence-corrected chi connectivity index (χ2v) is 4.80. The van der Waals surface area contributed by atoms with Gasteiger partial charge in [0, 0.05) is 25.0 Å². The molecule has 1 rings (SSSR count). The highest BCUT2D eigenvalue weighted by atomic mass is 16.6. The van der Waals surface area contributed by atoms with Gasteiger partial charge in [0.25, 0.3) is 0 Å². The maximum atomic E-state index is 11.5. The Labute approximate surface area is 103 Å². The number of carbonyl (C=O) groups excluding carboxylic acids is 1. The minimum absolute atomic E-state index is 0.333. The van der Waals surface area contributed by atoms with Crippen molar-refractivity contribution in [3.05, 3.63) is 42.6 Å². The number of para-hydroxylation sites is 1. The monoisotopic (exact) mass is 233 g/mol. The summed E-state index contributed by atoms with van der Waals surface area (Å²) < 4.78 is 5.17. The first kappa shape index (κ1) is 13.3. The van der Waals surface area contributed by atoms with Crippen LogP contribution in [0.5, 0.6) is 0 Å². The van der Waals surface area contributed by atoms with E-state index in [4.69, 9.17) is 4.74 Å². The van der Waals surface area contributed by atoms with E-state index >= 15 is 0 Å². The quantitative estimate of drug-likeness (QED) is 0.593. The summed E-state index contributed by atoms with van der Waals surface area (Å²) in [6.45, 7) is 5.54. The van der Waals surface area contributed by atoms with Crippen molar-refractivity contribution in [2.24, 2.45) is 0 Å². The number of hydrogen-bond acceptors (Lipinski definition) is 3. The third-order valence-corrected chi connectivity index (χ3v) is 2.00. The van der Waals surface area contributed by atoms with Crippen LogP contribution in [0.15, 0.2) is 42.6 Å². The van der Waals surface area contributed by atoms with Crippen LogP contribution in [-0.4, -0.2) is 18.6 Å². The van der Waals surface area contributed by atoms with Crippen molar-refractivity contribution in [3.8, 4) is 0 Å². The minimum atomic E-state index is -0.452. The fraction of sp³-hybridized carbons (Fsp3) is 0.357. The SMILES string of the molecule is CN(/C=C/C(=O)OC(C)(C)C)c1ccccc1. The summed E-state index contributed by atoms with van der Waals surface area (Å²) in [4.78, 5) is 13.3. The smallest absolute Gasteiger partial charge is 0.332 e. The standard InChI is InChI=1S/C14H19NO2/c1-14(2,3)17-13(16)10-11-15(4)12-8-6-5-7-9-12/h5-11H,1-4H3/b11-10+. The molecule has 17 heavy (non-hydrogen) atoms. The Morgan fingerprint density at radius 3 is 2.35 bits per heavy atom. The Morgan fingerprint density at radius 2 is 1.82 bits per heavy atom. The lowest BCUT2D eigenvalue weighted by atomic mass is 10.2. The number of hydrogen-bond donors (Lipinski definition) is 0.